The van der Waals surface area contributed by atoms with E-state index in [1.807, 2.05) is 60.7 Å². The van der Waals surface area contributed by atoms with E-state index in [1.165, 1.54) is 6.26 Å². The van der Waals surface area contributed by atoms with E-state index in [0.29, 0.717) is 31.8 Å². The molecule has 0 radical (unpaired) electrons. The van der Waals surface area contributed by atoms with Crippen LogP contribution in [0.15, 0.2) is 72.5 Å². The molecule has 0 fully saturated rings. The third-order valence-electron chi connectivity index (χ3n) is 4.10. The Labute approximate surface area is 148 Å². The molecule has 0 aromatic heterocycles. The first kappa shape index (κ1) is 17.4. The topological polar surface area (TPSA) is 44.8 Å². The molecule has 2 atom stereocenters. The highest BCUT2D eigenvalue weighted by molar-refractivity contribution is 5.73. The molecule has 130 valence electrons. The summed E-state index contributed by atoms with van der Waals surface area (Å²) in [5, 5.41) is 0. The molecule has 0 N–H and O–H groups in total. The van der Waals surface area contributed by atoms with Crippen LogP contribution in [0.1, 0.15) is 17.5 Å². The van der Waals surface area contributed by atoms with Crippen LogP contribution in [0, 0.1) is 0 Å². The second-order valence-electron chi connectivity index (χ2n) is 6.03. The summed E-state index contributed by atoms with van der Waals surface area (Å²) in [6.07, 6.45) is 2.44. The molecule has 0 spiro atoms. The molecule has 25 heavy (non-hydrogen) atoms. The van der Waals surface area contributed by atoms with Gasteiger partial charge in [0.15, 0.2) is 0 Å². The van der Waals surface area contributed by atoms with Gasteiger partial charge in [0.1, 0.15) is 18.5 Å². The molecule has 4 heteroatoms. The number of hydrogen-bond donors (Lipinski definition) is 0. The number of hydrogen-bond acceptors (Lipinski definition) is 4. The first-order valence-corrected chi connectivity index (χ1v) is 8.42. The van der Waals surface area contributed by atoms with Crippen LogP contribution in [0.4, 0.5) is 0 Å². The van der Waals surface area contributed by atoms with Gasteiger partial charge in [-0.25, -0.2) is 0 Å². The minimum Gasteiger partial charge on any atom is -0.492 e. The van der Waals surface area contributed by atoms with E-state index in [-0.39, 0.29) is 12.2 Å². The van der Waals surface area contributed by atoms with Gasteiger partial charge in [-0.15, -0.1) is 0 Å². The number of aldehydes is 1. The molecule has 1 aliphatic rings. The second kappa shape index (κ2) is 9.16. The predicted octanol–water partition coefficient (Wildman–Crippen LogP) is 3.66. The molecule has 0 unspecified atom stereocenters. The maximum absolute atomic E-state index is 11.1. The van der Waals surface area contributed by atoms with Crippen LogP contribution in [0.5, 0.6) is 0 Å². The number of carbonyl (C=O) groups is 1. The summed E-state index contributed by atoms with van der Waals surface area (Å²) in [6.45, 7) is 1.42. The van der Waals surface area contributed by atoms with Crippen LogP contribution in [-0.2, 0) is 32.2 Å². The maximum Gasteiger partial charge on any atom is 0.149 e. The maximum atomic E-state index is 11.1. The van der Waals surface area contributed by atoms with Crippen LogP contribution in [-0.4, -0.2) is 25.1 Å². The second-order valence-corrected chi connectivity index (χ2v) is 6.03. The largest absolute Gasteiger partial charge is 0.492 e. The van der Waals surface area contributed by atoms with E-state index < -0.39 is 0 Å². The lowest BCUT2D eigenvalue weighted by Gasteiger charge is -2.30. The molecular formula is C21H22O4. The van der Waals surface area contributed by atoms with Gasteiger partial charge >= 0.3 is 0 Å². The van der Waals surface area contributed by atoms with Gasteiger partial charge < -0.3 is 14.2 Å². The number of ether oxygens (including phenoxy) is 3. The summed E-state index contributed by atoms with van der Waals surface area (Å²) in [6, 6.07) is 20.0. The molecule has 0 saturated heterocycles. The molecule has 3 rings (SSSR count). The Morgan fingerprint density at radius 1 is 0.960 bits per heavy atom. The van der Waals surface area contributed by atoms with Gasteiger partial charge in [0, 0.05) is 12.0 Å². The van der Waals surface area contributed by atoms with Crippen LogP contribution >= 0.6 is 0 Å². The minimum absolute atomic E-state index is 0.207. The fraction of sp³-hybridized carbons (Fsp3) is 0.286. The number of carbonyl (C=O) groups excluding carboxylic acids is 1. The number of rotatable bonds is 8. The van der Waals surface area contributed by atoms with Gasteiger partial charge in [0.2, 0.25) is 0 Å². The van der Waals surface area contributed by atoms with Crippen molar-refractivity contribution in [1.82, 2.24) is 0 Å². The van der Waals surface area contributed by atoms with Crippen molar-refractivity contribution in [2.75, 3.05) is 6.61 Å². The van der Waals surface area contributed by atoms with E-state index in [1.54, 1.807) is 0 Å². The zero-order chi connectivity index (χ0) is 17.3. The van der Waals surface area contributed by atoms with E-state index >= 15 is 0 Å². The fourth-order valence-corrected chi connectivity index (χ4v) is 2.71. The molecule has 4 nitrogen and oxygen atoms in total. The lowest BCUT2D eigenvalue weighted by molar-refractivity contribution is -0.111. The lowest BCUT2D eigenvalue weighted by Crippen LogP contribution is -2.37. The Morgan fingerprint density at radius 2 is 1.60 bits per heavy atom. The van der Waals surface area contributed by atoms with Crippen molar-refractivity contribution in [3.8, 4) is 0 Å². The van der Waals surface area contributed by atoms with Crippen molar-refractivity contribution in [3.63, 3.8) is 0 Å². The van der Waals surface area contributed by atoms with Gasteiger partial charge in [-0.1, -0.05) is 60.7 Å². The first-order valence-electron chi connectivity index (χ1n) is 8.42. The van der Waals surface area contributed by atoms with E-state index in [4.69, 9.17) is 14.2 Å². The Balaban J connectivity index is 1.55. The lowest BCUT2D eigenvalue weighted by atomic mass is 10.0. The average Bonchev–Trinajstić information content (AvgIpc) is 2.68. The molecule has 0 aliphatic carbocycles. The van der Waals surface area contributed by atoms with Gasteiger partial charge in [-0.3, -0.25) is 4.79 Å². The highest BCUT2D eigenvalue weighted by atomic mass is 16.6. The smallest absolute Gasteiger partial charge is 0.149 e. The molecule has 0 bridgehead atoms. The Kier molecular flexibility index (Phi) is 6.37. The standard InChI is InChI=1S/C21H22O4/c22-12-19-11-20(24-14-18-9-5-2-6-10-18)21(25-15-19)16-23-13-17-7-3-1-4-8-17/h1-10,12,15,20-21H,11,13-14,16H2/t20-,21+/m0/s1. The summed E-state index contributed by atoms with van der Waals surface area (Å²) in [7, 11) is 0. The minimum atomic E-state index is -0.226. The monoisotopic (exact) mass is 338 g/mol. The summed E-state index contributed by atoms with van der Waals surface area (Å²) >= 11 is 0. The normalized spacial score (nSPS) is 19.8. The van der Waals surface area contributed by atoms with Crippen molar-refractivity contribution < 1.29 is 19.0 Å². The zero-order valence-electron chi connectivity index (χ0n) is 14.0. The first-order chi connectivity index (χ1) is 12.3. The predicted molar refractivity (Wildman–Crippen MR) is 94.8 cm³/mol. The molecule has 0 saturated carbocycles. The van der Waals surface area contributed by atoms with E-state index in [0.717, 1.165) is 17.4 Å². The van der Waals surface area contributed by atoms with Gasteiger partial charge in [-0.05, 0) is 11.1 Å². The third kappa shape index (κ3) is 5.28. The van der Waals surface area contributed by atoms with E-state index in [9.17, 15) is 4.79 Å². The summed E-state index contributed by atoms with van der Waals surface area (Å²) in [4.78, 5) is 11.1. The van der Waals surface area contributed by atoms with Crippen LogP contribution < -0.4 is 0 Å². The fourth-order valence-electron chi connectivity index (χ4n) is 2.71. The zero-order valence-corrected chi connectivity index (χ0v) is 14.0. The van der Waals surface area contributed by atoms with Crippen LogP contribution in [0.3, 0.4) is 0 Å². The Hall–Kier alpha value is -2.43. The number of benzene rings is 2. The van der Waals surface area contributed by atoms with E-state index in [2.05, 4.69) is 0 Å². The van der Waals surface area contributed by atoms with Gasteiger partial charge in [-0.2, -0.15) is 0 Å². The summed E-state index contributed by atoms with van der Waals surface area (Å²) < 4.78 is 17.5. The molecular weight excluding hydrogens is 316 g/mol. The molecule has 0 amide bonds. The Morgan fingerprint density at radius 3 is 2.24 bits per heavy atom. The Bertz CT molecular complexity index is 682. The highest BCUT2D eigenvalue weighted by Gasteiger charge is 2.28. The van der Waals surface area contributed by atoms with Crippen LogP contribution in [0.25, 0.3) is 0 Å². The van der Waals surface area contributed by atoms with Crippen molar-refractivity contribution >= 4 is 6.29 Å². The molecule has 1 aliphatic heterocycles. The summed E-state index contributed by atoms with van der Waals surface area (Å²) in [5.74, 6) is 0. The van der Waals surface area contributed by atoms with Crippen molar-refractivity contribution in [2.45, 2.75) is 31.8 Å². The highest BCUT2D eigenvalue weighted by Crippen LogP contribution is 2.22. The summed E-state index contributed by atoms with van der Waals surface area (Å²) in [5.41, 5.74) is 2.82. The molecule has 1 heterocycles. The van der Waals surface area contributed by atoms with Gasteiger partial charge in [0.05, 0.1) is 26.1 Å². The van der Waals surface area contributed by atoms with Crippen molar-refractivity contribution in [3.05, 3.63) is 83.6 Å². The quantitative estimate of drug-likeness (QED) is 0.689. The molecule has 2 aromatic rings. The average molecular weight is 338 g/mol. The van der Waals surface area contributed by atoms with Gasteiger partial charge in [0.25, 0.3) is 0 Å². The van der Waals surface area contributed by atoms with Crippen molar-refractivity contribution in [2.24, 2.45) is 0 Å². The van der Waals surface area contributed by atoms with Crippen LogP contribution in [0.2, 0.25) is 0 Å². The SMILES string of the molecule is O=CC1=CO[C@H](COCc2ccccc2)[C@@H](OCc2ccccc2)C1. The third-order valence-corrected chi connectivity index (χ3v) is 4.10. The van der Waals surface area contributed by atoms with Crippen molar-refractivity contribution in [1.29, 1.82) is 0 Å². The molecule has 2 aromatic carbocycles.